The van der Waals surface area contributed by atoms with Gasteiger partial charge in [0.25, 0.3) is 0 Å². The highest BCUT2D eigenvalue weighted by Gasteiger charge is 2.19. The molecule has 0 aromatic rings. The molecule has 0 spiro atoms. The molecule has 2 N–H and O–H groups in total. The summed E-state index contributed by atoms with van der Waals surface area (Å²) in [7, 11) is 0. The van der Waals surface area contributed by atoms with Crippen LogP contribution in [0.1, 0.15) is 39.5 Å². The first-order chi connectivity index (χ1) is 8.38. The number of hydrogen-bond donors (Lipinski definition) is 2. The number of carboxylic acid groups (broad SMARTS) is 2. The maximum Gasteiger partial charge on any atom is 0.308 e. The first-order valence-corrected chi connectivity index (χ1v) is 6.10. The Bertz CT molecular complexity index is 303. The van der Waals surface area contributed by atoms with Crippen LogP contribution in [0.4, 0.5) is 0 Å². The van der Waals surface area contributed by atoms with Crippen LogP contribution in [-0.4, -0.2) is 46.0 Å². The second-order valence-electron chi connectivity index (χ2n) is 4.33. The van der Waals surface area contributed by atoms with Crippen molar-refractivity contribution in [2.24, 2.45) is 5.92 Å². The summed E-state index contributed by atoms with van der Waals surface area (Å²) in [6.07, 6.45) is 1.38. The van der Waals surface area contributed by atoms with Gasteiger partial charge in [0.05, 0.1) is 5.92 Å². The van der Waals surface area contributed by atoms with Crippen molar-refractivity contribution in [2.45, 2.75) is 39.5 Å². The summed E-state index contributed by atoms with van der Waals surface area (Å²) in [6, 6.07) is 0. The second kappa shape index (κ2) is 8.49. The number of hydrogen-bond acceptors (Lipinski definition) is 3. The largest absolute Gasteiger partial charge is 0.481 e. The van der Waals surface area contributed by atoms with Gasteiger partial charge in [-0.2, -0.15) is 0 Å². The van der Waals surface area contributed by atoms with E-state index in [-0.39, 0.29) is 18.9 Å². The van der Waals surface area contributed by atoms with Crippen molar-refractivity contribution in [1.29, 1.82) is 0 Å². The maximum absolute atomic E-state index is 11.8. The van der Waals surface area contributed by atoms with Crippen LogP contribution in [0.15, 0.2) is 0 Å². The van der Waals surface area contributed by atoms with Gasteiger partial charge in [-0.15, -0.1) is 0 Å². The Balaban J connectivity index is 4.37. The molecular formula is C12H21NO5. The molecule has 6 nitrogen and oxygen atoms in total. The predicted molar refractivity (Wildman–Crippen MR) is 65.2 cm³/mol. The highest BCUT2D eigenvalue weighted by molar-refractivity contribution is 5.77. The number of aliphatic carboxylic acids is 2. The second-order valence-corrected chi connectivity index (χ2v) is 4.33. The van der Waals surface area contributed by atoms with Crippen molar-refractivity contribution < 1.29 is 24.6 Å². The van der Waals surface area contributed by atoms with Crippen molar-refractivity contribution in [3.63, 3.8) is 0 Å². The van der Waals surface area contributed by atoms with E-state index in [9.17, 15) is 14.4 Å². The molecule has 1 amide bonds. The van der Waals surface area contributed by atoms with Crippen molar-refractivity contribution in [3.05, 3.63) is 0 Å². The quantitative estimate of drug-likeness (QED) is 0.648. The third-order valence-corrected chi connectivity index (χ3v) is 2.55. The van der Waals surface area contributed by atoms with Gasteiger partial charge in [0, 0.05) is 25.9 Å². The highest BCUT2D eigenvalue weighted by atomic mass is 16.4. The SMILES string of the molecule is CCCC(=O)N(CCCC(=O)O)CC(C)C(=O)O. The Labute approximate surface area is 107 Å². The molecule has 0 fully saturated rings. The van der Waals surface area contributed by atoms with Gasteiger partial charge in [-0.3, -0.25) is 14.4 Å². The van der Waals surface area contributed by atoms with E-state index in [0.29, 0.717) is 25.8 Å². The summed E-state index contributed by atoms with van der Waals surface area (Å²) in [4.78, 5) is 34.4. The topological polar surface area (TPSA) is 94.9 Å². The van der Waals surface area contributed by atoms with Crippen molar-refractivity contribution >= 4 is 17.8 Å². The number of rotatable bonds is 9. The van der Waals surface area contributed by atoms with Crippen molar-refractivity contribution in [3.8, 4) is 0 Å². The van der Waals surface area contributed by atoms with Crippen LogP contribution in [-0.2, 0) is 14.4 Å². The fourth-order valence-electron chi connectivity index (χ4n) is 1.52. The monoisotopic (exact) mass is 259 g/mol. The number of carbonyl (C=O) groups is 3. The molecule has 0 aromatic heterocycles. The molecule has 0 rings (SSSR count). The lowest BCUT2D eigenvalue weighted by Crippen LogP contribution is -2.37. The average molecular weight is 259 g/mol. The van der Waals surface area contributed by atoms with E-state index < -0.39 is 17.9 Å². The summed E-state index contributed by atoms with van der Waals surface area (Å²) in [5, 5.41) is 17.4. The van der Waals surface area contributed by atoms with E-state index in [4.69, 9.17) is 10.2 Å². The summed E-state index contributed by atoms with van der Waals surface area (Å²) in [5.74, 6) is -2.63. The van der Waals surface area contributed by atoms with Gasteiger partial charge in [0.2, 0.25) is 5.91 Å². The molecule has 0 aliphatic heterocycles. The van der Waals surface area contributed by atoms with Crippen LogP contribution in [0, 0.1) is 5.92 Å². The zero-order chi connectivity index (χ0) is 14.1. The Hall–Kier alpha value is -1.59. The normalized spacial score (nSPS) is 11.9. The Kier molecular flexibility index (Phi) is 7.74. The van der Waals surface area contributed by atoms with Gasteiger partial charge in [0.15, 0.2) is 0 Å². The van der Waals surface area contributed by atoms with Crippen molar-refractivity contribution in [1.82, 2.24) is 4.90 Å². The lowest BCUT2D eigenvalue weighted by atomic mass is 10.1. The highest BCUT2D eigenvalue weighted by Crippen LogP contribution is 2.06. The Morgan fingerprint density at radius 2 is 1.78 bits per heavy atom. The van der Waals surface area contributed by atoms with Crippen molar-refractivity contribution in [2.75, 3.05) is 13.1 Å². The number of carboxylic acids is 2. The predicted octanol–water partition coefficient (Wildman–Crippen LogP) is 1.20. The number of nitrogens with zero attached hydrogens (tertiary/aromatic N) is 1. The van der Waals surface area contributed by atoms with Gasteiger partial charge in [-0.1, -0.05) is 13.8 Å². The molecule has 0 heterocycles. The van der Waals surface area contributed by atoms with Crippen LogP contribution in [0.3, 0.4) is 0 Å². The fourth-order valence-corrected chi connectivity index (χ4v) is 1.52. The zero-order valence-electron chi connectivity index (χ0n) is 10.9. The number of carbonyl (C=O) groups excluding carboxylic acids is 1. The van der Waals surface area contributed by atoms with Gasteiger partial charge >= 0.3 is 11.9 Å². The van der Waals surface area contributed by atoms with Crippen LogP contribution < -0.4 is 0 Å². The van der Waals surface area contributed by atoms with E-state index in [2.05, 4.69) is 0 Å². The molecule has 0 saturated carbocycles. The smallest absolute Gasteiger partial charge is 0.308 e. The van der Waals surface area contributed by atoms with Crippen LogP contribution >= 0.6 is 0 Å². The molecule has 18 heavy (non-hydrogen) atoms. The van der Waals surface area contributed by atoms with E-state index in [1.807, 2.05) is 6.92 Å². The lowest BCUT2D eigenvalue weighted by Gasteiger charge is -2.24. The van der Waals surface area contributed by atoms with E-state index in [1.165, 1.54) is 11.8 Å². The van der Waals surface area contributed by atoms with Gasteiger partial charge in [0.1, 0.15) is 0 Å². The average Bonchev–Trinajstić information content (AvgIpc) is 2.27. The molecule has 0 saturated heterocycles. The van der Waals surface area contributed by atoms with E-state index >= 15 is 0 Å². The van der Waals surface area contributed by atoms with Gasteiger partial charge in [-0.05, 0) is 12.8 Å². The van der Waals surface area contributed by atoms with Gasteiger partial charge < -0.3 is 15.1 Å². The third-order valence-electron chi connectivity index (χ3n) is 2.55. The molecule has 0 aromatic carbocycles. The summed E-state index contributed by atoms with van der Waals surface area (Å²) >= 11 is 0. The van der Waals surface area contributed by atoms with Crippen LogP contribution in [0.2, 0.25) is 0 Å². The summed E-state index contributed by atoms with van der Waals surface area (Å²) in [6.45, 7) is 3.83. The molecule has 1 atom stereocenters. The minimum atomic E-state index is -0.956. The first kappa shape index (κ1) is 16.4. The molecule has 0 radical (unpaired) electrons. The fraction of sp³-hybridized carbons (Fsp3) is 0.750. The lowest BCUT2D eigenvalue weighted by molar-refractivity contribution is -0.144. The summed E-state index contributed by atoms with van der Waals surface area (Å²) < 4.78 is 0. The summed E-state index contributed by atoms with van der Waals surface area (Å²) in [5.41, 5.74) is 0. The molecule has 104 valence electrons. The third kappa shape index (κ3) is 6.88. The Morgan fingerprint density at radius 3 is 2.22 bits per heavy atom. The standard InChI is InChI=1S/C12H21NO5/c1-3-5-10(14)13(7-4-6-11(15)16)8-9(2)12(17)18/h9H,3-8H2,1-2H3,(H,15,16)(H,17,18). The zero-order valence-corrected chi connectivity index (χ0v) is 10.9. The maximum atomic E-state index is 11.8. The van der Waals surface area contributed by atoms with Crippen LogP contribution in [0.5, 0.6) is 0 Å². The Morgan fingerprint density at radius 1 is 1.17 bits per heavy atom. The van der Waals surface area contributed by atoms with E-state index in [0.717, 1.165) is 0 Å². The minimum absolute atomic E-state index is 0.0165. The molecule has 1 unspecified atom stereocenters. The molecule has 0 aliphatic carbocycles. The molecule has 0 aliphatic rings. The molecule has 6 heteroatoms. The number of amides is 1. The first-order valence-electron chi connectivity index (χ1n) is 6.10. The van der Waals surface area contributed by atoms with E-state index in [1.54, 1.807) is 0 Å². The molecular weight excluding hydrogens is 238 g/mol. The molecule has 0 bridgehead atoms. The minimum Gasteiger partial charge on any atom is -0.481 e. The van der Waals surface area contributed by atoms with Crippen LogP contribution in [0.25, 0.3) is 0 Å². The van der Waals surface area contributed by atoms with Gasteiger partial charge in [-0.25, -0.2) is 0 Å².